The highest BCUT2D eigenvalue weighted by Gasteiger charge is 2.33. The molecule has 1 fully saturated rings. The van der Waals surface area contributed by atoms with Gasteiger partial charge in [-0.25, -0.2) is 0 Å². The van der Waals surface area contributed by atoms with E-state index in [1.54, 1.807) is 0 Å². The average Bonchev–Trinajstić information content (AvgIpc) is 2.82. The Labute approximate surface area is 138 Å². The van der Waals surface area contributed by atoms with Gasteiger partial charge >= 0.3 is 0 Å². The lowest BCUT2D eigenvalue weighted by Crippen LogP contribution is -2.34. The Bertz CT molecular complexity index is 690. The van der Waals surface area contributed by atoms with Crippen LogP contribution in [0.2, 0.25) is 0 Å². The summed E-state index contributed by atoms with van der Waals surface area (Å²) < 4.78 is 5.88. The number of hydrogen-bond donors (Lipinski definition) is 0. The molecule has 0 aromatic heterocycles. The number of nitrogens with zero attached hydrogens (tertiary/aromatic N) is 1. The normalized spacial score (nSPS) is 23.6. The Balaban J connectivity index is 1.43. The van der Waals surface area contributed by atoms with Gasteiger partial charge in [-0.2, -0.15) is 0 Å². The molecule has 2 bridgehead atoms. The van der Waals surface area contributed by atoms with E-state index in [2.05, 4.69) is 54.4 Å². The van der Waals surface area contributed by atoms with Crippen LogP contribution in [0, 0.1) is 0 Å². The van der Waals surface area contributed by atoms with Gasteiger partial charge in [-0.15, -0.1) is 0 Å². The Morgan fingerprint density at radius 2 is 1.78 bits per heavy atom. The van der Waals surface area contributed by atoms with E-state index in [9.17, 15) is 0 Å². The van der Waals surface area contributed by atoms with Crippen LogP contribution in [0.3, 0.4) is 0 Å². The molecular formula is C21H23NO. The van der Waals surface area contributed by atoms with Crippen molar-refractivity contribution in [3.8, 4) is 5.75 Å². The lowest BCUT2D eigenvalue weighted by molar-refractivity contribution is 0.264. The molecule has 0 saturated carbocycles. The Hall–Kier alpha value is -2.06. The van der Waals surface area contributed by atoms with Gasteiger partial charge in [0.15, 0.2) is 0 Å². The summed E-state index contributed by atoms with van der Waals surface area (Å²) in [4.78, 5) is 2.53. The van der Waals surface area contributed by atoms with E-state index >= 15 is 0 Å². The summed E-state index contributed by atoms with van der Waals surface area (Å²) >= 11 is 0. The predicted molar refractivity (Wildman–Crippen MR) is 94.4 cm³/mol. The molecule has 2 heteroatoms. The Morgan fingerprint density at radius 1 is 1.00 bits per heavy atom. The van der Waals surface area contributed by atoms with E-state index < -0.39 is 0 Å². The largest absolute Gasteiger partial charge is 0.489 e. The fourth-order valence-corrected chi connectivity index (χ4v) is 3.76. The highest BCUT2D eigenvalue weighted by Crippen LogP contribution is 2.37. The summed E-state index contributed by atoms with van der Waals surface area (Å²) in [5.74, 6) is 0.939. The van der Waals surface area contributed by atoms with Gasteiger partial charge in [0.05, 0.1) is 0 Å². The van der Waals surface area contributed by atoms with Crippen LogP contribution in [-0.4, -0.2) is 24.0 Å². The molecule has 2 nitrogen and oxygen atoms in total. The van der Waals surface area contributed by atoms with Crippen molar-refractivity contribution >= 4 is 5.57 Å². The van der Waals surface area contributed by atoms with E-state index in [0.29, 0.717) is 12.6 Å². The van der Waals surface area contributed by atoms with Crippen LogP contribution >= 0.6 is 0 Å². The first-order chi connectivity index (χ1) is 11.3. The van der Waals surface area contributed by atoms with Crippen LogP contribution in [0.15, 0.2) is 60.7 Å². The minimum Gasteiger partial charge on any atom is -0.489 e. The van der Waals surface area contributed by atoms with E-state index in [1.165, 1.54) is 36.0 Å². The Morgan fingerprint density at radius 3 is 2.52 bits per heavy atom. The van der Waals surface area contributed by atoms with Gasteiger partial charge in [0.1, 0.15) is 12.4 Å². The highest BCUT2D eigenvalue weighted by molar-refractivity contribution is 5.68. The fraction of sp³-hybridized carbons (Fsp3) is 0.333. The topological polar surface area (TPSA) is 12.5 Å². The van der Waals surface area contributed by atoms with Gasteiger partial charge in [0.25, 0.3) is 0 Å². The number of likely N-dealkylation sites (N-methyl/N-ethyl adjacent to an activating group) is 1. The maximum absolute atomic E-state index is 5.88. The molecule has 2 aliphatic heterocycles. The van der Waals surface area contributed by atoms with E-state index in [0.717, 1.165) is 11.8 Å². The zero-order valence-corrected chi connectivity index (χ0v) is 13.6. The molecule has 23 heavy (non-hydrogen) atoms. The number of fused-ring (bicyclic) bond motifs is 2. The van der Waals surface area contributed by atoms with Gasteiger partial charge < -0.3 is 4.74 Å². The lowest BCUT2D eigenvalue weighted by Gasteiger charge is -2.30. The molecular weight excluding hydrogens is 282 g/mol. The van der Waals surface area contributed by atoms with Crippen molar-refractivity contribution in [2.75, 3.05) is 7.05 Å². The summed E-state index contributed by atoms with van der Waals surface area (Å²) in [5.41, 5.74) is 4.05. The predicted octanol–water partition coefficient (Wildman–Crippen LogP) is 4.52. The van der Waals surface area contributed by atoms with Crippen molar-refractivity contribution in [2.45, 2.75) is 38.0 Å². The molecule has 0 radical (unpaired) electrons. The molecule has 2 aromatic rings. The van der Waals surface area contributed by atoms with Gasteiger partial charge in [-0.3, -0.25) is 4.90 Å². The summed E-state index contributed by atoms with van der Waals surface area (Å²) in [6.45, 7) is 0.623. The summed E-state index contributed by atoms with van der Waals surface area (Å²) in [5, 5.41) is 0. The van der Waals surface area contributed by atoms with Crippen LogP contribution in [0.4, 0.5) is 0 Å². The van der Waals surface area contributed by atoms with Crippen molar-refractivity contribution in [2.24, 2.45) is 0 Å². The second-order valence-electron chi connectivity index (χ2n) is 6.66. The average molecular weight is 305 g/mol. The summed E-state index contributed by atoms with van der Waals surface area (Å²) in [7, 11) is 2.26. The molecule has 2 aliphatic rings. The number of benzene rings is 2. The minimum atomic E-state index is 0.623. The molecule has 118 valence electrons. The van der Waals surface area contributed by atoms with Crippen LogP contribution < -0.4 is 4.74 Å². The first kappa shape index (κ1) is 14.5. The van der Waals surface area contributed by atoms with Crippen LogP contribution in [0.5, 0.6) is 5.75 Å². The molecule has 0 spiro atoms. The molecule has 0 amide bonds. The van der Waals surface area contributed by atoms with Gasteiger partial charge in [0, 0.05) is 12.1 Å². The lowest BCUT2D eigenvalue weighted by atomic mass is 9.95. The highest BCUT2D eigenvalue weighted by atomic mass is 16.5. The monoisotopic (exact) mass is 305 g/mol. The number of ether oxygens (including phenoxy) is 1. The second kappa shape index (κ2) is 6.21. The van der Waals surface area contributed by atoms with Gasteiger partial charge in [-0.05, 0) is 55.1 Å². The zero-order chi connectivity index (χ0) is 15.6. The zero-order valence-electron chi connectivity index (χ0n) is 13.6. The molecule has 4 rings (SSSR count). The quantitative estimate of drug-likeness (QED) is 0.823. The third-order valence-corrected chi connectivity index (χ3v) is 5.22. The van der Waals surface area contributed by atoms with Crippen LogP contribution in [0.25, 0.3) is 5.57 Å². The minimum absolute atomic E-state index is 0.623. The third-order valence-electron chi connectivity index (χ3n) is 5.22. The van der Waals surface area contributed by atoms with Gasteiger partial charge in [0.2, 0.25) is 0 Å². The third kappa shape index (κ3) is 3.04. The molecule has 2 atom stereocenters. The van der Waals surface area contributed by atoms with E-state index in [1.807, 2.05) is 18.2 Å². The van der Waals surface area contributed by atoms with Crippen molar-refractivity contribution < 1.29 is 4.74 Å². The van der Waals surface area contributed by atoms with Crippen molar-refractivity contribution in [3.05, 3.63) is 71.8 Å². The fourth-order valence-electron chi connectivity index (χ4n) is 3.76. The number of hydrogen-bond acceptors (Lipinski definition) is 2. The van der Waals surface area contributed by atoms with E-state index in [-0.39, 0.29) is 0 Å². The summed E-state index contributed by atoms with van der Waals surface area (Å²) in [6.07, 6.45) is 6.28. The maximum atomic E-state index is 5.88. The molecule has 2 unspecified atom stereocenters. The maximum Gasteiger partial charge on any atom is 0.119 e. The molecule has 0 N–H and O–H groups in total. The van der Waals surface area contributed by atoms with Gasteiger partial charge in [-0.1, -0.05) is 48.5 Å². The van der Waals surface area contributed by atoms with Crippen molar-refractivity contribution in [1.82, 2.24) is 4.90 Å². The first-order valence-corrected chi connectivity index (χ1v) is 8.49. The second-order valence-corrected chi connectivity index (χ2v) is 6.66. The van der Waals surface area contributed by atoms with Crippen molar-refractivity contribution in [1.29, 1.82) is 0 Å². The molecule has 2 heterocycles. The molecule has 2 aromatic carbocycles. The summed E-state index contributed by atoms with van der Waals surface area (Å²) in [6, 6.07) is 20.3. The Kier molecular flexibility index (Phi) is 3.92. The van der Waals surface area contributed by atoms with Crippen LogP contribution in [-0.2, 0) is 6.61 Å². The SMILES string of the molecule is CN1C2C=C(c3ccc(OCc4ccccc4)cc3)CC1CC2. The molecule has 0 aliphatic carbocycles. The standard InChI is InChI=1S/C21H23NO/c1-22-19-9-10-20(22)14-18(13-19)17-7-11-21(12-8-17)23-15-16-5-3-2-4-6-16/h2-8,11-13,19-20H,9-10,14-15H2,1H3. The number of rotatable bonds is 4. The first-order valence-electron chi connectivity index (χ1n) is 8.49. The van der Waals surface area contributed by atoms with Crippen LogP contribution in [0.1, 0.15) is 30.4 Å². The molecule has 1 saturated heterocycles. The smallest absolute Gasteiger partial charge is 0.119 e. The van der Waals surface area contributed by atoms with Crippen molar-refractivity contribution in [3.63, 3.8) is 0 Å². The van der Waals surface area contributed by atoms with E-state index in [4.69, 9.17) is 4.74 Å².